The summed E-state index contributed by atoms with van der Waals surface area (Å²) in [4.78, 5) is 56.6. The molecule has 2 fully saturated rings. The molecule has 0 saturated heterocycles. The maximum atomic E-state index is 14.5. The number of primary amides is 1. The minimum atomic E-state index is -2.86. The number of carbonyl (C=O) groups is 3. The molecule has 1 aromatic heterocycles. The van der Waals surface area contributed by atoms with Crippen LogP contribution in [0.25, 0.3) is 11.3 Å². The van der Waals surface area contributed by atoms with Crippen LogP contribution in [0.2, 0.25) is 0 Å². The topological polar surface area (TPSA) is 234 Å². The van der Waals surface area contributed by atoms with E-state index >= 15 is 0 Å². The van der Waals surface area contributed by atoms with Gasteiger partial charge in [-0.2, -0.15) is 0 Å². The summed E-state index contributed by atoms with van der Waals surface area (Å²) in [6, 6.07) is 9.93. The van der Waals surface area contributed by atoms with Crippen LogP contribution in [0.4, 0.5) is 16.5 Å². The van der Waals surface area contributed by atoms with Gasteiger partial charge in [0.15, 0.2) is 22.3 Å². The predicted molar refractivity (Wildman–Crippen MR) is 174 cm³/mol. The Morgan fingerprint density at radius 2 is 1.80 bits per heavy atom. The first-order chi connectivity index (χ1) is 22.5. The monoisotopic (exact) mass is 714 g/mol. The molecule has 49 heavy (non-hydrogen) atoms. The van der Waals surface area contributed by atoms with Gasteiger partial charge in [-0.3, -0.25) is 14.4 Å². The summed E-state index contributed by atoms with van der Waals surface area (Å²) in [7, 11) is 0. The molecule has 1 amide bonds. The first kappa shape index (κ1) is 36.5. The van der Waals surface area contributed by atoms with Crippen molar-refractivity contribution in [2.24, 2.45) is 40.2 Å². The number of nitrogens with one attached hydrogen (secondary N) is 2. The van der Waals surface area contributed by atoms with E-state index in [1.165, 1.54) is 18.3 Å². The molecular weight excluding hydrogens is 676 g/mol. The van der Waals surface area contributed by atoms with E-state index in [1.54, 1.807) is 69.5 Å². The number of hydrogen-bond acceptors (Lipinski definition) is 12. The maximum Gasteiger partial charge on any atom is 0.254 e. The summed E-state index contributed by atoms with van der Waals surface area (Å²) in [5.74, 6) is -9.56. The van der Waals surface area contributed by atoms with Crippen molar-refractivity contribution in [3.05, 3.63) is 57.8 Å². The van der Waals surface area contributed by atoms with Crippen molar-refractivity contribution in [2.45, 2.75) is 64.4 Å². The molecule has 2 aromatic carbocycles. The van der Waals surface area contributed by atoms with E-state index in [9.17, 15) is 44.8 Å². The first-order valence-corrected chi connectivity index (χ1v) is 16.6. The SMILES string of the molecule is CC(C)[C@H]1C(O)[C@@H](C(N)=O)C(=O)[C@]2(O)C(O)[C@H]3C(=O)c4c(ccc(Nc5nc(-c6cccc([NH+]=O)c6)cs5)c4O)[C@@H](C)[C@]3(C)[C@@H](O)[C@]12C.[Cl-]. The minimum Gasteiger partial charge on any atom is -1.00 e. The summed E-state index contributed by atoms with van der Waals surface area (Å²) in [6.07, 6.45) is -5.46. The normalized spacial score (nSPS) is 35.1. The summed E-state index contributed by atoms with van der Waals surface area (Å²) >= 11 is 1.22. The van der Waals surface area contributed by atoms with Gasteiger partial charge in [0.1, 0.15) is 17.8 Å². The Labute approximate surface area is 292 Å². The molecule has 10 atom stereocenters. The van der Waals surface area contributed by atoms with Gasteiger partial charge < -0.3 is 49.0 Å². The lowest BCUT2D eigenvalue weighted by atomic mass is 9.36. The molecule has 15 heteroatoms. The number of benzene rings is 2. The van der Waals surface area contributed by atoms with Crippen molar-refractivity contribution in [3.8, 4) is 17.0 Å². The third-order valence-corrected chi connectivity index (χ3v) is 12.4. The van der Waals surface area contributed by atoms with Crippen LogP contribution in [0.3, 0.4) is 0 Å². The minimum absolute atomic E-state index is 0. The van der Waals surface area contributed by atoms with Gasteiger partial charge >= 0.3 is 0 Å². The Hall–Kier alpha value is -3.79. The number of phenols is 1. The number of nitrogens with zero attached hydrogens (tertiary/aromatic N) is 1. The van der Waals surface area contributed by atoms with Gasteiger partial charge in [-0.15, -0.1) is 11.3 Å². The summed E-state index contributed by atoms with van der Waals surface area (Å²) in [6.45, 7) is 8.12. The highest BCUT2D eigenvalue weighted by Crippen LogP contribution is 2.68. The van der Waals surface area contributed by atoms with Crippen LogP contribution < -0.4 is 28.6 Å². The zero-order valence-electron chi connectivity index (χ0n) is 27.3. The highest BCUT2D eigenvalue weighted by atomic mass is 35.5. The lowest BCUT2D eigenvalue weighted by Crippen LogP contribution is -3.00. The number of nitroso groups, excluding NO2 is 1. The quantitative estimate of drug-likeness (QED) is 0.108. The number of rotatable bonds is 6. The van der Waals surface area contributed by atoms with Crippen molar-refractivity contribution >= 4 is 45.3 Å². The molecule has 9 N–H and O–H groups in total. The molecule has 1 heterocycles. The smallest absolute Gasteiger partial charge is 0.254 e. The number of aliphatic hydroxyl groups excluding tert-OH is 3. The number of aromatic nitrogens is 1. The molecule has 3 aromatic rings. The predicted octanol–water partition coefficient (Wildman–Crippen LogP) is -1.55. The Morgan fingerprint density at radius 3 is 2.41 bits per heavy atom. The molecular formula is C34H39ClN4O9S. The number of nitrogens with two attached hydrogens (primary N) is 1. The molecule has 0 bridgehead atoms. The van der Waals surface area contributed by atoms with E-state index in [0.29, 0.717) is 27.6 Å². The van der Waals surface area contributed by atoms with Gasteiger partial charge in [0.2, 0.25) is 5.91 Å². The highest BCUT2D eigenvalue weighted by Gasteiger charge is 2.80. The number of aliphatic hydroxyl groups is 4. The molecule has 2 saturated carbocycles. The maximum absolute atomic E-state index is 14.5. The number of carbonyl (C=O) groups excluding carboxylic acids is 3. The van der Waals surface area contributed by atoms with E-state index in [2.05, 4.69) is 10.3 Å². The van der Waals surface area contributed by atoms with Gasteiger partial charge in [0, 0.05) is 44.0 Å². The van der Waals surface area contributed by atoms with Gasteiger partial charge in [0.05, 0.1) is 35.1 Å². The van der Waals surface area contributed by atoms with Crippen molar-refractivity contribution in [1.29, 1.82) is 0 Å². The van der Waals surface area contributed by atoms with Crippen LogP contribution in [-0.2, 0) is 9.59 Å². The number of aromatic hydroxyl groups is 1. The number of hydrogen-bond donors (Lipinski definition) is 8. The zero-order valence-corrected chi connectivity index (χ0v) is 28.9. The number of anilines is 2. The van der Waals surface area contributed by atoms with Crippen LogP contribution in [0.1, 0.15) is 56.5 Å². The second kappa shape index (κ2) is 12.2. The molecule has 6 rings (SSSR count). The Kier molecular flexibility index (Phi) is 9.10. The van der Waals surface area contributed by atoms with Crippen LogP contribution >= 0.6 is 11.3 Å². The lowest BCUT2D eigenvalue weighted by molar-refractivity contribution is -0.379. The number of phenolic OH excluding ortho intramolecular Hbond substituents is 1. The second-order valence-corrected chi connectivity index (χ2v) is 15.0. The zero-order chi connectivity index (χ0) is 35.2. The summed E-state index contributed by atoms with van der Waals surface area (Å²) < 4.78 is 0. The van der Waals surface area contributed by atoms with E-state index in [1.807, 2.05) is 5.18 Å². The molecule has 3 aliphatic carbocycles. The Morgan fingerprint density at radius 1 is 1.12 bits per heavy atom. The second-order valence-electron chi connectivity index (χ2n) is 14.1. The van der Waals surface area contributed by atoms with Crippen LogP contribution in [0.15, 0.2) is 41.8 Å². The molecule has 262 valence electrons. The van der Waals surface area contributed by atoms with Gasteiger partial charge in [-0.1, -0.05) is 52.8 Å². The van der Waals surface area contributed by atoms with E-state index in [0.717, 1.165) is 0 Å². The molecule has 0 aliphatic heterocycles. The number of amides is 1. The number of thiazole rings is 1. The third-order valence-electron chi connectivity index (χ3n) is 11.6. The first-order valence-electron chi connectivity index (χ1n) is 15.7. The van der Waals surface area contributed by atoms with E-state index < -0.39 is 87.6 Å². The molecule has 13 nitrogen and oxygen atoms in total. The molecule has 0 spiro atoms. The number of Topliss-reactive ketones (excluding diaryl/α,β-unsaturated/α-hetero) is 2. The number of ketones is 2. The number of halogens is 1. The van der Waals surface area contributed by atoms with E-state index in [-0.39, 0.29) is 23.7 Å². The lowest BCUT2D eigenvalue weighted by Gasteiger charge is -2.69. The highest BCUT2D eigenvalue weighted by molar-refractivity contribution is 7.14. The van der Waals surface area contributed by atoms with Crippen molar-refractivity contribution < 1.29 is 57.5 Å². The van der Waals surface area contributed by atoms with Crippen LogP contribution in [0.5, 0.6) is 5.75 Å². The van der Waals surface area contributed by atoms with Crippen molar-refractivity contribution in [3.63, 3.8) is 0 Å². The van der Waals surface area contributed by atoms with Gasteiger partial charge in [-0.25, -0.2) is 4.98 Å². The third kappa shape index (κ3) is 4.72. The molecule has 2 unspecified atom stereocenters. The van der Waals surface area contributed by atoms with Crippen LogP contribution in [-0.4, -0.2) is 71.9 Å². The standard InChI is InChI=1S/C34H38N4O9S.ClH/c1-13(2)22-26(41)21(29(35)44)27(42)34(46)28(43)23-25(40)20-17(14(3)32(23,4)30(45)33(22,34)5)9-10-18(24(20)39)36-31-37-19(12-48-31)15-7-6-8-16(11-15)38-47;/h6-14,21-23,26,28,30,39,41,43,45-46H,1-5H3,(H2,35,44)(H,36,37);1H/t14-,21-,22+,23-,26?,28?,30-,32+,33+,34+;/m1./s1. The fraction of sp³-hybridized carbons (Fsp3) is 0.471. The average molecular weight is 715 g/mol. The molecule has 0 radical (unpaired) electrons. The van der Waals surface area contributed by atoms with Gasteiger partial charge in [-0.05, 0) is 29.4 Å². The fourth-order valence-corrected chi connectivity index (χ4v) is 9.91. The molecule has 3 aliphatic rings. The number of fused-ring (bicyclic) bond motifs is 3. The largest absolute Gasteiger partial charge is 1.00 e. The van der Waals surface area contributed by atoms with Crippen LogP contribution in [0, 0.1) is 39.4 Å². The Bertz CT molecular complexity index is 1870. The summed E-state index contributed by atoms with van der Waals surface area (Å²) in [5.41, 5.74) is 1.18. The Balaban J connectivity index is 0.00000468. The van der Waals surface area contributed by atoms with E-state index in [4.69, 9.17) is 5.73 Å². The van der Waals surface area contributed by atoms with Gasteiger partial charge in [0.25, 0.3) is 5.69 Å². The fourth-order valence-electron chi connectivity index (χ4n) is 9.18. The van der Waals surface area contributed by atoms with Crippen molar-refractivity contribution in [2.75, 3.05) is 5.32 Å². The van der Waals surface area contributed by atoms with Crippen molar-refractivity contribution in [1.82, 2.24) is 4.98 Å². The average Bonchev–Trinajstić information content (AvgIpc) is 3.51. The summed E-state index contributed by atoms with van der Waals surface area (Å²) in [5, 5.41) is 66.6.